The van der Waals surface area contributed by atoms with Gasteiger partial charge in [0, 0.05) is 19.1 Å². The first-order valence-electron chi connectivity index (χ1n) is 6.76. The molecule has 1 aliphatic carbocycles. The van der Waals surface area contributed by atoms with Crippen LogP contribution in [0, 0.1) is 5.92 Å². The van der Waals surface area contributed by atoms with E-state index in [-0.39, 0.29) is 6.04 Å². The Morgan fingerprint density at radius 3 is 2.58 bits per heavy atom. The molecule has 4 nitrogen and oxygen atoms in total. The van der Waals surface area contributed by atoms with Crippen molar-refractivity contribution in [1.82, 2.24) is 4.31 Å². The second-order valence-corrected chi connectivity index (χ2v) is 7.35. The molecule has 19 heavy (non-hydrogen) atoms. The van der Waals surface area contributed by atoms with E-state index in [2.05, 4.69) is 0 Å². The summed E-state index contributed by atoms with van der Waals surface area (Å²) in [5, 5.41) is 0. The number of nitrogens with two attached hydrogens (primary N) is 1. The SMILES string of the molecule is CC(C)N(CC1CC1)S(=O)(=O)c1cccc(CN)c1. The first kappa shape index (κ1) is 14.5. The number of hydrogen-bond donors (Lipinski definition) is 1. The summed E-state index contributed by atoms with van der Waals surface area (Å²) in [6.45, 7) is 4.83. The largest absolute Gasteiger partial charge is 0.326 e. The highest BCUT2D eigenvalue weighted by molar-refractivity contribution is 7.89. The molecule has 1 saturated carbocycles. The molecule has 0 atom stereocenters. The van der Waals surface area contributed by atoms with E-state index in [0.717, 1.165) is 18.4 Å². The Bertz CT molecular complexity index is 536. The lowest BCUT2D eigenvalue weighted by atomic mass is 10.2. The minimum absolute atomic E-state index is 0.0212. The van der Waals surface area contributed by atoms with Gasteiger partial charge in [-0.3, -0.25) is 0 Å². The van der Waals surface area contributed by atoms with Crippen molar-refractivity contribution in [3.8, 4) is 0 Å². The summed E-state index contributed by atoms with van der Waals surface area (Å²) in [4.78, 5) is 0.352. The van der Waals surface area contributed by atoms with Crippen molar-refractivity contribution in [2.24, 2.45) is 11.7 Å². The Morgan fingerprint density at radius 2 is 2.05 bits per heavy atom. The monoisotopic (exact) mass is 282 g/mol. The zero-order chi connectivity index (χ0) is 14.0. The van der Waals surface area contributed by atoms with Crippen LogP contribution < -0.4 is 5.73 Å². The van der Waals surface area contributed by atoms with Crippen molar-refractivity contribution in [1.29, 1.82) is 0 Å². The minimum atomic E-state index is -3.41. The molecule has 1 aliphatic rings. The van der Waals surface area contributed by atoms with Gasteiger partial charge in [-0.2, -0.15) is 4.31 Å². The van der Waals surface area contributed by atoms with Crippen LogP contribution in [0.5, 0.6) is 0 Å². The summed E-state index contributed by atoms with van der Waals surface area (Å²) in [7, 11) is -3.41. The molecule has 0 radical (unpaired) electrons. The van der Waals surface area contributed by atoms with E-state index in [1.807, 2.05) is 19.9 Å². The molecule has 0 aromatic heterocycles. The standard InChI is InChI=1S/C14H22N2O2S/c1-11(2)16(10-12-6-7-12)19(17,18)14-5-3-4-13(8-14)9-15/h3-5,8,11-12H,6-7,9-10,15H2,1-2H3. The van der Waals surface area contributed by atoms with Crippen molar-refractivity contribution in [2.75, 3.05) is 6.54 Å². The summed E-state index contributed by atoms with van der Waals surface area (Å²) in [6.07, 6.45) is 2.28. The van der Waals surface area contributed by atoms with Gasteiger partial charge in [-0.1, -0.05) is 12.1 Å². The van der Waals surface area contributed by atoms with Crippen LogP contribution in [0.3, 0.4) is 0 Å². The summed E-state index contributed by atoms with van der Waals surface area (Å²) >= 11 is 0. The molecule has 106 valence electrons. The molecule has 0 bridgehead atoms. The highest BCUT2D eigenvalue weighted by Crippen LogP contribution is 2.32. The van der Waals surface area contributed by atoms with E-state index < -0.39 is 10.0 Å². The molecule has 1 aromatic carbocycles. The van der Waals surface area contributed by atoms with E-state index >= 15 is 0 Å². The maximum atomic E-state index is 12.7. The average molecular weight is 282 g/mol. The highest BCUT2D eigenvalue weighted by Gasteiger charge is 2.33. The molecule has 0 saturated heterocycles. The predicted octanol–water partition coefficient (Wildman–Crippen LogP) is 1.95. The van der Waals surface area contributed by atoms with Gasteiger partial charge < -0.3 is 5.73 Å². The molecule has 5 heteroatoms. The van der Waals surface area contributed by atoms with Gasteiger partial charge in [0.25, 0.3) is 0 Å². The topological polar surface area (TPSA) is 63.4 Å². The van der Waals surface area contributed by atoms with Crippen LogP contribution in [0.15, 0.2) is 29.2 Å². The van der Waals surface area contributed by atoms with Crippen LogP contribution in [0.25, 0.3) is 0 Å². The van der Waals surface area contributed by atoms with Crippen LogP contribution in [-0.4, -0.2) is 25.3 Å². The molecule has 0 aliphatic heterocycles. The van der Waals surface area contributed by atoms with Crippen LogP contribution in [0.1, 0.15) is 32.3 Å². The van der Waals surface area contributed by atoms with Gasteiger partial charge in [0.15, 0.2) is 0 Å². The van der Waals surface area contributed by atoms with Gasteiger partial charge in [0.05, 0.1) is 4.90 Å². The van der Waals surface area contributed by atoms with Crippen molar-refractivity contribution in [3.63, 3.8) is 0 Å². The molecule has 0 unspecified atom stereocenters. The van der Waals surface area contributed by atoms with Gasteiger partial charge in [0.2, 0.25) is 10.0 Å². The van der Waals surface area contributed by atoms with Gasteiger partial charge in [0.1, 0.15) is 0 Å². The minimum Gasteiger partial charge on any atom is -0.326 e. The lowest BCUT2D eigenvalue weighted by Gasteiger charge is -2.26. The van der Waals surface area contributed by atoms with Gasteiger partial charge in [-0.25, -0.2) is 8.42 Å². The van der Waals surface area contributed by atoms with E-state index in [0.29, 0.717) is 23.9 Å². The van der Waals surface area contributed by atoms with Gasteiger partial charge in [-0.05, 0) is 50.3 Å². The third kappa shape index (κ3) is 3.35. The molecule has 2 rings (SSSR count). The Hall–Kier alpha value is -0.910. The van der Waals surface area contributed by atoms with Crippen LogP contribution in [0.4, 0.5) is 0 Å². The highest BCUT2D eigenvalue weighted by atomic mass is 32.2. The summed E-state index contributed by atoms with van der Waals surface area (Å²) < 4.78 is 27.0. The third-order valence-corrected chi connectivity index (χ3v) is 5.49. The maximum absolute atomic E-state index is 12.7. The second-order valence-electron chi connectivity index (χ2n) is 5.46. The van der Waals surface area contributed by atoms with E-state index in [9.17, 15) is 8.42 Å². The normalized spacial score (nSPS) is 16.3. The molecule has 1 fully saturated rings. The van der Waals surface area contributed by atoms with E-state index in [1.54, 1.807) is 22.5 Å². The molecule has 1 aromatic rings. The maximum Gasteiger partial charge on any atom is 0.243 e. The average Bonchev–Trinajstić information content (AvgIpc) is 3.19. The first-order chi connectivity index (χ1) is 8.95. The summed E-state index contributed by atoms with van der Waals surface area (Å²) in [5.41, 5.74) is 6.42. The van der Waals surface area contributed by atoms with Crippen molar-refractivity contribution in [3.05, 3.63) is 29.8 Å². The lowest BCUT2D eigenvalue weighted by molar-refractivity contribution is 0.341. The predicted molar refractivity (Wildman–Crippen MR) is 76.1 cm³/mol. The number of hydrogen-bond acceptors (Lipinski definition) is 3. The zero-order valence-corrected chi connectivity index (χ0v) is 12.4. The molecule has 0 amide bonds. The fourth-order valence-corrected chi connectivity index (χ4v) is 3.89. The molecule has 2 N–H and O–H groups in total. The zero-order valence-electron chi connectivity index (χ0n) is 11.5. The number of rotatable bonds is 6. The van der Waals surface area contributed by atoms with Gasteiger partial charge in [-0.15, -0.1) is 0 Å². The van der Waals surface area contributed by atoms with Crippen molar-refractivity contribution in [2.45, 2.75) is 44.2 Å². The number of benzene rings is 1. The van der Waals surface area contributed by atoms with Crippen LogP contribution in [0.2, 0.25) is 0 Å². The summed E-state index contributed by atoms with van der Waals surface area (Å²) in [5.74, 6) is 0.537. The molecule has 0 heterocycles. The third-order valence-electron chi connectivity index (χ3n) is 3.45. The molecular weight excluding hydrogens is 260 g/mol. The smallest absolute Gasteiger partial charge is 0.243 e. The van der Waals surface area contributed by atoms with Gasteiger partial charge >= 0.3 is 0 Å². The Balaban J connectivity index is 2.31. The fourth-order valence-electron chi connectivity index (χ4n) is 2.11. The Kier molecular flexibility index (Phi) is 4.28. The molecular formula is C14H22N2O2S. The first-order valence-corrected chi connectivity index (χ1v) is 8.20. The molecule has 0 spiro atoms. The van der Waals surface area contributed by atoms with E-state index in [1.165, 1.54) is 0 Å². The van der Waals surface area contributed by atoms with Crippen LogP contribution >= 0.6 is 0 Å². The van der Waals surface area contributed by atoms with E-state index in [4.69, 9.17) is 5.73 Å². The number of nitrogens with zero attached hydrogens (tertiary/aromatic N) is 1. The quantitative estimate of drug-likeness (QED) is 0.867. The Labute approximate surface area is 115 Å². The van der Waals surface area contributed by atoms with Crippen molar-refractivity contribution < 1.29 is 8.42 Å². The summed E-state index contributed by atoms with van der Waals surface area (Å²) in [6, 6.07) is 6.91. The van der Waals surface area contributed by atoms with Crippen LogP contribution in [-0.2, 0) is 16.6 Å². The Morgan fingerprint density at radius 1 is 1.37 bits per heavy atom. The number of sulfonamides is 1. The lowest BCUT2D eigenvalue weighted by Crippen LogP contribution is -2.38. The van der Waals surface area contributed by atoms with Crippen molar-refractivity contribution >= 4 is 10.0 Å². The fraction of sp³-hybridized carbons (Fsp3) is 0.571. The second kappa shape index (κ2) is 5.61.